The zero-order valence-electron chi connectivity index (χ0n) is 7.64. The van der Waals surface area contributed by atoms with Crippen molar-refractivity contribution in [2.75, 3.05) is 13.6 Å². The van der Waals surface area contributed by atoms with Gasteiger partial charge in [-0.3, -0.25) is 0 Å². The maximum atomic E-state index is 4.89. The van der Waals surface area contributed by atoms with Crippen molar-refractivity contribution in [1.29, 1.82) is 0 Å². The van der Waals surface area contributed by atoms with Gasteiger partial charge in [-0.1, -0.05) is 38.4 Å². The van der Waals surface area contributed by atoms with E-state index < -0.39 is 0 Å². The summed E-state index contributed by atoms with van der Waals surface area (Å²) in [6, 6.07) is 0. The minimum absolute atomic E-state index is 0. The van der Waals surface area contributed by atoms with Crippen LogP contribution >= 0.6 is 24.8 Å². The zero-order chi connectivity index (χ0) is 8.69. The molecule has 0 N–H and O–H groups in total. The average Bonchev–Trinajstić information content (AvgIpc) is 1.97. The molecular weight excluding hydrogens is 238 g/mol. The van der Waals surface area contributed by atoms with Gasteiger partial charge in [-0.15, -0.1) is 12.6 Å². The van der Waals surface area contributed by atoms with E-state index in [4.69, 9.17) is 12.2 Å². The van der Waals surface area contributed by atoms with Crippen LogP contribution in [0.2, 0.25) is 0 Å². The van der Waals surface area contributed by atoms with Gasteiger partial charge in [0.05, 0.1) is 0 Å². The first-order valence-electron chi connectivity index (χ1n) is 4.12. The van der Waals surface area contributed by atoms with Crippen LogP contribution in [-0.2, 0) is 17.1 Å². The summed E-state index contributed by atoms with van der Waals surface area (Å²) in [5.74, 6) is 0. The Hall–Kier alpha value is 0.759. The molecule has 0 atom stereocenters. The van der Waals surface area contributed by atoms with Gasteiger partial charge in [0.25, 0.3) is 0 Å². The second-order valence-corrected chi connectivity index (χ2v) is 3.88. The summed E-state index contributed by atoms with van der Waals surface area (Å²) in [7, 11) is 1.99. The Kier molecular flexibility index (Phi) is 12.5. The number of nitrogens with zero attached hydrogens (tertiary/aromatic N) is 1. The summed E-state index contributed by atoms with van der Waals surface area (Å²) >= 11 is 8.96. The Balaban J connectivity index is 0. The third kappa shape index (κ3) is 8.85. The van der Waals surface area contributed by atoms with Crippen molar-refractivity contribution >= 4 is 29.2 Å². The van der Waals surface area contributed by atoms with Crippen molar-refractivity contribution in [3.05, 3.63) is 0 Å². The molecular formula is C8H17CuNS2. The van der Waals surface area contributed by atoms with Gasteiger partial charge in [0.15, 0.2) is 0 Å². The Bertz CT molecular complexity index is 120. The first-order chi connectivity index (χ1) is 5.18. The van der Waals surface area contributed by atoms with E-state index in [0.717, 1.165) is 6.54 Å². The topological polar surface area (TPSA) is 3.24 Å². The van der Waals surface area contributed by atoms with Crippen LogP contribution in [0, 0.1) is 0 Å². The van der Waals surface area contributed by atoms with Crippen molar-refractivity contribution in [2.45, 2.75) is 32.6 Å². The first-order valence-corrected chi connectivity index (χ1v) is 4.98. The molecule has 0 aromatic rings. The molecule has 0 spiro atoms. The van der Waals surface area contributed by atoms with Gasteiger partial charge >= 0.3 is 0 Å². The largest absolute Gasteiger partial charge is 0.361 e. The van der Waals surface area contributed by atoms with Crippen molar-refractivity contribution < 1.29 is 17.1 Å². The number of thiol groups is 1. The fourth-order valence-corrected chi connectivity index (χ4v) is 1.06. The molecule has 0 aromatic heterocycles. The molecule has 0 fully saturated rings. The number of unbranched alkanes of at least 4 members (excludes halogenated alkanes) is 3. The maximum Gasteiger partial charge on any atom is 0.133 e. The Labute approximate surface area is 97.2 Å². The molecule has 0 bridgehead atoms. The van der Waals surface area contributed by atoms with E-state index in [2.05, 4.69) is 19.6 Å². The van der Waals surface area contributed by atoms with Crippen LogP contribution in [-0.4, -0.2) is 22.8 Å². The van der Waals surface area contributed by atoms with Crippen LogP contribution < -0.4 is 0 Å². The molecule has 0 rings (SSSR count). The van der Waals surface area contributed by atoms with Crippen LogP contribution in [0.4, 0.5) is 0 Å². The predicted molar refractivity (Wildman–Crippen MR) is 58.4 cm³/mol. The minimum atomic E-state index is 0. The fraction of sp³-hybridized carbons (Fsp3) is 0.875. The van der Waals surface area contributed by atoms with Crippen molar-refractivity contribution in [1.82, 2.24) is 4.90 Å². The molecule has 0 aromatic carbocycles. The molecule has 1 nitrogen and oxygen atoms in total. The molecule has 77 valence electrons. The zero-order valence-corrected chi connectivity index (χ0v) is 10.3. The summed E-state index contributed by atoms with van der Waals surface area (Å²) in [6.45, 7) is 3.26. The molecule has 0 amide bonds. The molecule has 1 radical (unpaired) electrons. The second kappa shape index (κ2) is 9.84. The van der Waals surface area contributed by atoms with E-state index in [9.17, 15) is 0 Å². The molecule has 0 heterocycles. The van der Waals surface area contributed by atoms with Gasteiger partial charge in [0, 0.05) is 30.7 Å². The SMILES string of the molecule is CCCCCCN(C)C(=S)S.[Cu]. The normalized spacial score (nSPS) is 8.92. The van der Waals surface area contributed by atoms with E-state index >= 15 is 0 Å². The quantitative estimate of drug-likeness (QED) is 0.348. The Morgan fingerprint density at radius 3 is 2.33 bits per heavy atom. The van der Waals surface area contributed by atoms with Crippen LogP contribution in [0.5, 0.6) is 0 Å². The van der Waals surface area contributed by atoms with Crippen LogP contribution in [0.15, 0.2) is 0 Å². The van der Waals surface area contributed by atoms with E-state index in [0.29, 0.717) is 4.32 Å². The molecule has 0 saturated heterocycles. The first kappa shape index (κ1) is 15.2. The average molecular weight is 255 g/mol. The number of rotatable bonds is 5. The predicted octanol–water partition coefficient (Wildman–Crippen LogP) is 2.71. The van der Waals surface area contributed by atoms with Crippen LogP contribution in [0.3, 0.4) is 0 Å². The van der Waals surface area contributed by atoms with E-state index in [1.807, 2.05) is 11.9 Å². The van der Waals surface area contributed by atoms with E-state index in [1.54, 1.807) is 0 Å². The van der Waals surface area contributed by atoms with Crippen molar-refractivity contribution in [3.8, 4) is 0 Å². The number of hydrogen-bond donors (Lipinski definition) is 1. The van der Waals surface area contributed by atoms with Gasteiger partial charge in [-0.05, 0) is 6.42 Å². The van der Waals surface area contributed by atoms with E-state index in [1.165, 1.54) is 25.7 Å². The molecule has 0 saturated carbocycles. The van der Waals surface area contributed by atoms with Crippen LogP contribution in [0.1, 0.15) is 32.6 Å². The van der Waals surface area contributed by atoms with Crippen LogP contribution in [0.25, 0.3) is 0 Å². The summed E-state index contributed by atoms with van der Waals surface area (Å²) in [6.07, 6.45) is 5.14. The van der Waals surface area contributed by atoms with Gasteiger partial charge in [0.2, 0.25) is 0 Å². The summed E-state index contributed by atoms with van der Waals surface area (Å²) in [5, 5.41) is 0. The fourth-order valence-electron chi connectivity index (χ4n) is 0.871. The monoisotopic (exact) mass is 254 g/mol. The smallest absolute Gasteiger partial charge is 0.133 e. The molecule has 0 aliphatic heterocycles. The van der Waals surface area contributed by atoms with Crippen molar-refractivity contribution in [3.63, 3.8) is 0 Å². The Morgan fingerprint density at radius 2 is 1.92 bits per heavy atom. The van der Waals surface area contributed by atoms with E-state index in [-0.39, 0.29) is 17.1 Å². The Morgan fingerprint density at radius 1 is 1.33 bits per heavy atom. The summed E-state index contributed by atoms with van der Waals surface area (Å²) in [5.41, 5.74) is 0. The molecule has 0 aliphatic rings. The molecule has 12 heavy (non-hydrogen) atoms. The molecule has 4 heteroatoms. The van der Waals surface area contributed by atoms with Gasteiger partial charge in [-0.25, -0.2) is 0 Å². The van der Waals surface area contributed by atoms with Gasteiger partial charge in [0.1, 0.15) is 4.32 Å². The minimum Gasteiger partial charge on any atom is -0.361 e. The number of thiocarbonyl (C=S) groups is 1. The summed E-state index contributed by atoms with van der Waals surface area (Å²) < 4.78 is 0.696. The standard InChI is InChI=1S/C8H17NS2.Cu/c1-3-4-5-6-7-9(2)8(10)11;/h3-7H2,1-2H3,(H,10,11);. The maximum absolute atomic E-state index is 4.89. The second-order valence-electron chi connectivity index (χ2n) is 2.76. The number of hydrogen-bond acceptors (Lipinski definition) is 1. The molecule has 0 aliphatic carbocycles. The summed E-state index contributed by atoms with van der Waals surface area (Å²) in [4.78, 5) is 2.01. The van der Waals surface area contributed by atoms with Crippen molar-refractivity contribution in [2.24, 2.45) is 0 Å². The third-order valence-electron chi connectivity index (χ3n) is 1.67. The molecule has 0 unspecified atom stereocenters. The van der Waals surface area contributed by atoms with Gasteiger partial charge < -0.3 is 4.90 Å². The third-order valence-corrected chi connectivity index (χ3v) is 2.33. The van der Waals surface area contributed by atoms with Gasteiger partial charge in [-0.2, -0.15) is 0 Å².